The average molecular weight is 157 g/mol. The Morgan fingerprint density at radius 3 is 2.45 bits per heavy atom. The molecule has 0 aliphatic rings. The SMILES string of the molecule is CCCNC(=O)C(C)CCC. The fourth-order valence-corrected chi connectivity index (χ4v) is 0.987. The van der Waals surface area contributed by atoms with Crippen molar-refractivity contribution in [2.75, 3.05) is 6.54 Å². The highest BCUT2D eigenvalue weighted by atomic mass is 16.1. The van der Waals surface area contributed by atoms with Gasteiger partial charge in [-0.25, -0.2) is 0 Å². The predicted molar refractivity (Wildman–Crippen MR) is 47.4 cm³/mol. The van der Waals surface area contributed by atoms with E-state index >= 15 is 0 Å². The minimum absolute atomic E-state index is 0.187. The highest BCUT2D eigenvalue weighted by Crippen LogP contribution is 2.03. The van der Waals surface area contributed by atoms with Gasteiger partial charge in [0.2, 0.25) is 5.91 Å². The van der Waals surface area contributed by atoms with Crippen LogP contribution in [0.5, 0.6) is 0 Å². The zero-order chi connectivity index (χ0) is 8.69. The topological polar surface area (TPSA) is 29.1 Å². The van der Waals surface area contributed by atoms with E-state index in [2.05, 4.69) is 19.2 Å². The van der Waals surface area contributed by atoms with Crippen LogP contribution in [0.4, 0.5) is 0 Å². The summed E-state index contributed by atoms with van der Waals surface area (Å²) in [6, 6.07) is 0. The summed E-state index contributed by atoms with van der Waals surface area (Å²) in [5.41, 5.74) is 0. The van der Waals surface area contributed by atoms with Crippen molar-refractivity contribution in [3.63, 3.8) is 0 Å². The molecule has 11 heavy (non-hydrogen) atoms. The van der Waals surface area contributed by atoms with E-state index in [0.717, 1.165) is 25.8 Å². The third-order valence-corrected chi connectivity index (χ3v) is 1.72. The summed E-state index contributed by atoms with van der Waals surface area (Å²) in [5.74, 6) is 0.389. The van der Waals surface area contributed by atoms with Crippen LogP contribution in [0.25, 0.3) is 0 Å². The predicted octanol–water partition coefficient (Wildman–Crippen LogP) is 1.95. The Labute approximate surface area is 69.4 Å². The van der Waals surface area contributed by atoms with Crippen LogP contribution in [-0.4, -0.2) is 12.5 Å². The van der Waals surface area contributed by atoms with E-state index in [0.29, 0.717) is 0 Å². The molecule has 0 radical (unpaired) electrons. The van der Waals surface area contributed by atoms with Crippen LogP contribution in [0, 0.1) is 5.92 Å². The van der Waals surface area contributed by atoms with Gasteiger partial charge in [-0.05, 0) is 12.8 Å². The minimum atomic E-state index is 0.187. The molecular formula is C9H19NO. The van der Waals surface area contributed by atoms with Gasteiger partial charge in [-0.1, -0.05) is 27.2 Å². The average Bonchev–Trinajstić information content (AvgIpc) is 2.00. The quantitative estimate of drug-likeness (QED) is 0.649. The lowest BCUT2D eigenvalue weighted by Crippen LogP contribution is -2.29. The van der Waals surface area contributed by atoms with Gasteiger partial charge < -0.3 is 5.32 Å². The van der Waals surface area contributed by atoms with E-state index in [-0.39, 0.29) is 11.8 Å². The number of rotatable bonds is 5. The van der Waals surface area contributed by atoms with E-state index in [1.54, 1.807) is 0 Å². The van der Waals surface area contributed by atoms with Crippen molar-refractivity contribution in [1.29, 1.82) is 0 Å². The third kappa shape index (κ3) is 4.82. The fourth-order valence-electron chi connectivity index (χ4n) is 0.987. The lowest BCUT2D eigenvalue weighted by Gasteiger charge is -2.09. The van der Waals surface area contributed by atoms with Gasteiger partial charge in [0.15, 0.2) is 0 Å². The monoisotopic (exact) mass is 157 g/mol. The molecule has 1 unspecified atom stereocenters. The van der Waals surface area contributed by atoms with Gasteiger partial charge in [0.25, 0.3) is 0 Å². The Bertz CT molecular complexity index is 112. The van der Waals surface area contributed by atoms with Gasteiger partial charge in [-0.15, -0.1) is 0 Å². The molecule has 0 bridgehead atoms. The van der Waals surface area contributed by atoms with E-state index < -0.39 is 0 Å². The van der Waals surface area contributed by atoms with Gasteiger partial charge in [0, 0.05) is 12.5 Å². The summed E-state index contributed by atoms with van der Waals surface area (Å²) in [4.78, 5) is 11.2. The third-order valence-electron chi connectivity index (χ3n) is 1.72. The van der Waals surface area contributed by atoms with Crippen molar-refractivity contribution in [3.8, 4) is 0 Å². The van der Waals surface area contributed by atoms with Crippen LogP contribution < -0.4 is 5.32 Å². The van der Waals surface area contributed by atoms with Crippen LogP contribution in [0.3, 0.4) is 0 Å². The van der Waals surface area contributed by atoms with Gasteiger partial charge >= 0.3 is 0 Å². The molecule has 2 heteroatoms. The Balaban J connectivity index is 3.47. The van der Waals surface area contributed by atoms with Gasteiger partial charge in [0.1, 0.15) is 0 Å². The van der Waals surface area contributed by atoms with Crippen molar-refractivity contribution in [2.24, 2.45) is 5.92 Å². The normalized spacial score (nSPS) is 12.6. The molecule has 0 aliphatic heterocycles. The first kappa shape index (κ1) is 10.5. The highest BCUT2D eigenvalue weighted by Gasteiger charge is 2.09. The number of amides is 1. The molecule has 0 aliphatic carbocycles. The molecular weight excluding hydrogens is 138 g/mol. The first-order valence-corrected chi connectivity index (χ1v) is 4.50. The maximum absolute atomic E-state index is 11.2. The maximum atomic E-state index is 11.2. The number of hydrogen-bond donors (Lipinski definition) is 1. The number of carbonyl (C=O) groups excluding carboxylic acids is 1. The molecule has 0 saturated heterocycles. The molecule has 66 valence electrons. The molecule has 0 aromatic carbocycles. The van der Waals surface area contributed by atoms with Crippen LogP contribution in [0.1, 0.15) is 40.0 Å². The van der Waals surface area contributed by atoms with Crippen LogP contribution >= 0.6 is 0 Å². The molecule has 1 amide bonds. The van der Waals surface area contributed by atoms with Crippen LogP contribution in [0.15, 0.2) is 0 Å². The molecule has 0 fully saturated rings. The first-order chi connectivity index (χ1) is 5.22. The second-order valence-corrected chi connectivity index (χ2v) is 2.98. The number of nitrogens with one attached hydrogen (secondary N) is 1. The second kappa shape index (κ2) is 6.20. The highest BCUT2D eigenvalue weighted by molar-refractivity contribution is 5.78. The van der Waals surface area contributed by atoms with Crippen molar-refractivity contribution in [3.05, 3.63) is 0 Å². The van der Waals surface area contributed by atoms with Crippen LogP contribution in [0.2, 0.25) is 0 Å². The summed E-state index contributed by atoms with van der Waals surface area (Å²) in [6.45, 7) is 6.95. The van der Waals surface area contributed by atoms with Gasteiger partial charge in [-0.3, -0.25) is 4.79 Å². The first-order valence-electron chi connectivity index (χ1n) is 4.50. The molecule has 0 spiro atoms. The summed E-state index contributed by atoms with van der Waals surface area (Å²) in [5, 5.41) is 2.88. The Kier molecular flexibility index (Phi) is 5.90. The summed E-state index contributed by atoms with van der Waals surface area (Å²) in [7, 11) is 0. The van der Waals surface area contributed by atoms with Crippen molar-refractivity contribution < 1.29 is 4.79 Å². The lowest BCUT2D eigenvalue weighted by molar-refractivity contribution is -0.124. The Hall–Kier alpha value is -0.530. The molecule has 1 N–H and O–H groups in total. The van der Waals surface area contributed by atoms with E-state index in [9.17, 15) is 4.79 Å². The van der Waals surface area contributed by atoms with Crippen molar-refractivity contribution in [2.45, 2.75) is 40.0 Å². The molecule has 0 rings (SSSR count). The fraction of sp³-hybridized carbons (Fsp3) is 0.889. The number of hydrogen-bond acceptors (Lipinski definition) is 1. The van der Waals surface area contributed by atoms with E-state index in [4.69, 9.17) is 0 Å². The zero-order valence-corrected chi connectivity index (χ0v) is 7.81. The second-order valence-electron chi connectivity index (χ2n) is 2.98. The standard InChI is InChI=1S/C9H19NO/c1-4-6-8(3)9(11)10-7-5-2/h8H,4-7H2,1-3H3,(H,10,11). The van der Waals surface area contributed by atoms with Gasteiger partial charge in [0.05, 0.1) is 0 Å². The molecule has 0 aromatic heterocycles. The molecule has 1 atom stereocenters. The van der Waals surface area contributed by atoms with Crippen molar-refractivity contribution in [1.82, 2.24) is 5.32 Å². The molecule has 0 saturated carbocycles. The van der Waals surface area contributed by atoms with Crippen molar-refractivity contribution >= 4 is 5.91 Å². The Morgan fingerprint density at radius 1 is 1.36 bits per heavy atom. The van der Waals surface area contributed by atoms with E-state index in [1.807, 2.05) is 6.92 Å². The summed E-state index contributed by atoms with van der Waals surface area (Å²) >= 11 is 0. The van der Waals surface area contributed by atoms with Crippen LogP contribution in [-0.2, 0) is 4.79 Å². The Morgan fingerprint density at radius 2 is 2.00 bits per heavy atom. The summed E-state index contributed by atoms with van der Waals surface area (Å²) < 4.78 is 0. The van der Waals surface area contributed by atoms with E-state index in [1.165, 1.54) is 0 Å². The molecule has 0 heterocycles. The summed E-state index contributed by atoms with van der Waals surface area (Å²) in [6.07, 6.45) is 3.10. The van der Waals surface area contributed by atoms with Gasteiger partial charge in [-0.2, -0.15) is 0 Å². The largest absolute Gasteiger partial charge is 0.356 e. The zero-order valence-electron chi connectivity index (χ0n) is 7.81. The lowest BCUT2D eigenvalue weighted by atomic mass is 10.1. The molecule has 2 nitrogen and oxygen atoms in total. The minimum Gasteiger partial charge on any atom is -0.356 e. The molecule has 0 aromatic rings. The number of carbonyl (C=O) groups is 1. The smallest absolute Gasteiger partial charge is 0.222 e. The maximum Gasteiger partial charge on any atom is 0.222 e.